The van der Waals surface area contributed by atoms with Crippen molar-refractivity contribution in [1.29, 1.82) is 0 Å². The van der Waals surface area contributed by atoms with E-state index in [1.165, 1.54) is 5.56 Å². The molecule has 2 rings (SSSR count). The molecule has 0 aliphatic heterocycles. The van der Waals surface area contributed by atoms with Crippen LogP contribution in [0.1, 0.15) is 18.4 Å². The molecule has 0 spiro atoms. The van der Waals surface area contributed by atoms with Crippen LogP contribution in [0.15, 0.2) is 60.7 Å². The van der Waals surface area contributed by atoms with Crippen molar-refractivity contribution in [3.8, 4) is 0 Å². The Kier molecular flexibility index (Phi) is 6.49. The van der Waals surface area contributed by atoms with Gasteiger partial charge < -0.3 is 10.2 Å². The van der Waals surface area contributed by atoms with E-state index in [2.05, 4.69) is 34.5 Å². The first-order valence-electron chi connectivity index (χ1n) is 7.82. The van der Waals surface area contributed by atoms with Crippen LogP contribution < -0.4 is 10.2 Å². The molecule has 116 valence electrons. The number of nitrogens with zero attached hydrogens (tertiary/aromatic N) is 1. The van der Waals surface area contributed by atoms with Gasteiger partial charge in [0.1, 0.15) is 0 Å². The fourth-order valence-electron chi connectivity index (χ4n) is 2.33. The third kappa shape index (κ3) is 5.60. The van der Waals surface area contributed by atoms with Crippen molar-refractivity contribution in [2.45, 2.75) is 19.3 Å². The molecule has 0 atom stereocenters. The SMILES string of the molecule is CN(CCC(=O)NCCCc1ccccc1)c1ccccc1. The summed E-state index contributed by atoms with van der Waals surface area (Å²) in [5.74, 6) is 0.121. The first kappa shape index (κ1) is 16.1. The number of nitrogens with one attached hydrogen (secondary N) is 1. The molecule has 0 unspecified atom stereocenters. The zero-order chi connectivity index (χ0) is 15.6. The lowest BCUT2D eigenvalue weighted by Gasteiger charge is -2.18. The van der Waals surface area contributed by atoms with Gasteiger partial charge in [0, 0.05) is 32.2 Å². The lowest BCUT2D eigenvalue weighted by molar-refractivity contribution is -0.120. The molecule has 2 aromatic rings. The highest BCUT2D eigenvalue weighted by molar-refractivity contribution is 5.76. The van der Waals surface area contributed by atoms with Gasteiger partial charge in [-0.1, -0.05) is 48.5 Å². The second kappa shape index (κ2) is 8.88. The molecular formula is C19H24N2O. The van der Waals surface area contributed by atoms with Gasteiger partial charge in [-0.25, -0.2) is 0 Å². The summed E-state index contributed by atoms with van der Waals surface area (Å²) in [6.45, 7) is 1.47. The first-order valence-corrected chi connectivity index (χ1v) is 7.82. The van der Waals surface area contributed by atoms with E-state index < -0.39 is 0 Å². The first-order chi connectivity index (χ1) is 10.8. The Labute approximate surface area is 133 Å². The van der Waals surface area contributed by atoms with Crippen molar-refractivity contribution in [2.75, 3.05) is 25.0 Å². The zero-order valence-corrected chi connectivity index (χ0v) is 13.2. The van der Waals surface area contributed by atoms with Crippen LogP contribution in [0.3, 0.4) is 0 Å². The van der Waals surface area contributed by atoms with E-state index in [1.54, 1.807) is 0 Å². The molecule has 1 amide bonds. The summed E-state index contributed by atoms with van der Waals surface area (Å²) < 4.78 is 0. The van der Waals surface area contributed by atoms with Crippen molar-refractivity contribution < 1.29 is 4.79 Å². The molecule has 2 aromatic carbocycles. The van der Waals surface area contributed by atoms with E-state index in [-0.39, 0.29) is 5.91 Å². The second-order valence-corrected chi connectivity index (χ2v) is 5.45. The molecule has 0 fully saturated rings. The molecular weight excluding hydrogens is 272 g/mol. The van der Waals surface area contributed by atoms with Gasteiger partial charge in [0.05, 0.1) is 0 Å². The largest absolute Gasteiger partial charge is 0.374 e. The van der Waals surface area contributed by atoms with Crippen LogP contribution in [0.4, 0.5) is 5.69 Å². The number of anilines is 1. The van der Waals surface area contributed by atoms with Gasteiger partial charge in [-0.3, -0.25) is 4.79 Å². The predicted molar refractivity (Wildman–Crippen MR) is 92.1 cm³/mol. The quantitative estimate of drug-likeness (QED) is 0.758. The van der Waals surface area contributed by atoms with E-state index in [0.717, 1.165) is 31.6 Å². The Morgan fingerprint density at radius 1 is 1.00 bits per heavy atom. The lowest BCUT2D eigenvalue weighted by Crippen LogP contribution is -2.29. The van der Waals surface area contributed by atoms with Gasteiger partial charge in [-0.2, -0.15) is 0 Å². The zero-order valence-electron chi connectivity index (χ0n) is 13.2. The minimum absolute atomic E-state index is 0.121. The maximum absolute atomic E-state index is 11.9. The number of rotatable bonds is 8. The van der Waals surface area contributed by atoms with E-state index in [1.807, 2.05) is 43.4 Å². The molecule has 3 nitrogen and oxygen atoms in total. The number of carbonyl (C=O) groups excluding carboxylic acids is 1. The highest BCUT2D eigenvalue weighted by Gasteiger charge is 2.04. The van der Waals surface area contributed by atoms with E-state index in [9.17, 15) is 4.79 Å². The third-order valence-corrected chi connectivity index (χ3v) is 3.68. The molecule has 0 radical (unpaired) electrons. The predicted octanol–water partition coefficient (Wildman–Crippen LogP) is 3.26. The average molecular weight is 296 g/mol. The minimum atomic E-state index is 0.121. The Bertz CT molecular complexity index is 554. The van der Waals surface area contributed by atoms with Gasteiger partial charge in [0.15, 0.2) is 0 Å². The van der Waals surface area contributed by atoms with E-state index in [0.29, 0.717) is 6.42 Å². The average Bonchev–Trinajstić information content (AvgIpc) is 2.58. The lowest BCUT2D eigenvalue weighted by atomic mass is 10.1. The van der Waals surface area contributed by atoms with Gasteiger partial charge >= 0.3 is 0 Å². The molecule has 0 saturated heterocycles. The number of aryl methyl sites for hydroxylation is 1. The fourth-order valence-corrected chi connectivity index (χ4v) is 2.33. The van der Waals surface area contributed by atoms with Gasteiger partial charge in [0.25, 0.3) is 0 Å². The highest BCUT2D eigenvalue weighted by atomic mass is 16.1. The summed E-state index contributed by atoms with van der Waals surface area (Å²) >= 11 is 0. The molecule has 0 aliphatic rings. The van der Waals surface area contributed by atoms with Crippen molar-refractivity contribution in [1.82, 2.24) is 5.32 Å². The standard InChI is InChI=1S/C19H24N2O/c1-21(18-12-6-3-7-13-18)16-14-19(22)20-15-8-11-17-9-4-2-5-10-17/h2-7,9-10,12-13H,8,11,14-16H2,1H3,(H,20,22). The normalized spacial score (nSPS) is 10.2. The van der Waals surface area contributed by atoms with E-state index >= 15 is 0 Å². The molecule has 3 heteroatoms. The van der Waals surface area contributed by atoms with Crippen LogP contribution >= 0.6 is 0 Å². The smallest absolute Gasteiger partial charge is 0.221 e. The third-order valence-electron chi connectivity index (χ3n) is 3.68. The Morgan fingerprint density at radius 3 is 2.32 bits per heavy atom. The van der Waals surface area contributed by atoms with Crippen LogP contribution in [0.5, 0.6) is 0 Å². The molecule has 0 heterocycles. The molecule has 0 aliphatic carbocycles. The summed E-state index contributed by atoms with van der Waals surface area (Å²) in [4.78, 5) is 14.0. The number of hydrogen-bond acceptors (Lipinski definition) is 2. The van der Waals surface area contributed by atoms with Gasteiger partial charge in [-0.05, 0) is 30.5 Å². The van der Waals surface area contributed by atoms with Crippen LogP contribution in [0, 0.1) is 0 Å². The Morgan fingerprint density at radius 2 is 1.64 bits per heavy atom. The molecule has 0 aromatic heterocycles. The van der Waals surface area contributed by atoms with Gasteiger partial charge in [-0.15, -0.1) is 0 Å². The fraction of sp³-hybridized carbons (Fsp3) is 0.316. The molecule has 1 N–H and O–H groups in total. The number of para-hydroxylation sites is 1. The Hall–Kier alpha value is -2.29. The summed E-state index contributed by atoms with van der Waals surface area (Å²) in [6, 6.07) is 20.5. The number of carbonyl (C=O) groups is 1. The molecule has 0 saturated carbocycles. The van der Waals surface area contributed by atoms with Crippen LogP contribution in [0.2, 0.25) is 0 Å². The summed E-state index contributed by atoms with van der Waals surface area (Å²) in [5, 5.41) is 2.99. The summed E-state index contributed by atoms with van der Waals surface area (Å²) in [5.41, 5.74) is 2.46. The topological polar surface area (TPSA) is 32.3 Å². The van der Waals surface area contributed by atoms with Gasteiger partial charge in [0.2, 0.25) is 5.91 Å². The summed E-state index contributed by atoms with van der Waals surface area (Å²) in [6.07, 6.45) is 2.51. The van der Waals surface area contributed by atoms with Crippen LogP contribution in [-0.2, 0) is 11.2 Å². The maximum Gasteiger partial charge on any atom is 0.221 e. The maximum atomic E-state index is 11.9. The van der Waals surface area contributed by atoms with Crippen molar-refractivity contribution >= 4 is 11.6 Å². The van der Waals surface area contributed by atoms with Crippen molar-refractivity contribution in [3.63, 3.8) is 0 Å². The highest BCUT2D eigenvalue weighted by Crippen LogP contribution is 2.10. The summed E-state index contributed by atoms with van der Waals surface area (Å²) in [7, 11) is 2.01. The Balaban J connectivity index is 1.60. The minimum Gasteiger partial charge on any atom is -0.374 e. The number of hydrogen-bond donors (Lipinski definition) is 1. The monoisotopic (exact) mass is 296 g/mol. The van der Waals surface area contributed by atoms with E-state index in [4.69, 9.17) is 0 Å². The molecule has 0 bridgehead atoms. The van der Waals surface area contributed by atoms with Crippen LogP contribution in [-0.4, -0.2) is 26.0 Å². The van der Waals surface area contributed by atoms with Crippen LogP contribution in [0.25, 0.3) is 0 Å². The van der Waals surface area contributed by atoms with Crippen molar-refractivity contribution in [3.05, 3.63) is 66.2 Å². The van der Waals surface area contributed by atoms with Crippen molar-refractivity contribution in [2.24, 2.45) is 0 Å². The number of amides is 1. The second-order valence-electron chi connectivity index (χ2n) is 5.45. The number of benzene rings is 2. The molecule has 22 heavy (non-hydrogen) atoms.